The molecule has 33 heavy (non-hydrogen) atoms. The molecule has 0 atom stereocenters. The number of unbranched alkanes of at least 4 members (excludes halogenated alkanes) is 1. The van der Waals surface area contributed by atoms with E-state index in [4.69, 9.17) is 0 Å². The second-order valence-electron chi connectivity index (χ2n) is 13.1. The van der Waals surface area contributed by atoms with E-state index < -0.39 is 0 Å². The van der Waals surface area contributed by atoms with Crippen LogP contribution in [-0.2, 0) is 5.41 Å². The van der Waals surface area contributed by atoms with E-state index in [0.29, 0.717) is 5.41 Å². The average molecular weight is 449 g/mol. The zero-order chi connectivity index (χ0) is 22.7. The highest BCUT2D eigenvalue weighted by Gasteiger charge is 2.52. The van der Waals surface area contributed by atoms with Crippen LogP contribution in [-0.4, -0.2) is 0 Å². The van der Waals surface area contributed by atoms with Gasteiger partial charge in [-0.1, -0.05) is 83.1 Å². The maximum Gasteiger partial charge on any atom is -0.00463 e. The van der Waals surface area contributed by atoms with E-state index in [1.807, 2.05) is 0 Å². The number of fused-ring (bicyclic) bond motifs is 3. The average Bonchev–Trinajstić information content (AvgIpc) is 2.89. The van der Waals surface area contributed by atoms with Gasteiger partial charge in [-0.25, -0.2) is 0 Å². The molecule has 0 unspecified atom stereocenters. The SMILES string of the molecule is CCCC[C@H]1CC[C@H](c2ccc(C34CCC([C@H]5CC[C@H](CCC)CC5)(CC3)CC4)cc2)CC1. The molecule has 5 saturated carbocycles. The molecular weight excluding hydrogens is 396 g/mol. The summed E-state index contributed by atoms with van der Waals surface area (Å²) >= 11 is 0. The molecule has 6 rings (SSSR count). The lowest BCUT2D eigenvalue weighted by Gasteiger charge is -2.58. The van der Waals surface area contributed by atoms with Crippen LogP contribution in [0.3, 0.4) is 0 Å². The van der Waals surface area contributed by atoms with E-state index in [1.165, 1.54) is 109 Å². The van der Waals surface area contributed by atoms with Gasteiger partial charge in [0.05, 0.1) is 0 Å². The first-order chi connectivity index (χ1) is 16.2. The van der Waals surface area contributed by atoms with Crippen molar-refractivity contribution in [3.63, 3.8) is 0 Å². The van der Waals surface area contributed by atoms with Gasteiger partial charge in [-0.05, 0) is 123 Å². The third-order valence-corrected chi connectivity index (χ3v) is 11.5. The Kier molecular flexibility index (Phi) is 7.58. The fourth-order valence-corrected chi connectivity index (χ4v) is 9.12. The van der Waals surface area contributed by atoms with Crippen LogP contribution in [0, 0.1) is 23.2 Å². The van der Waals surface area contributed by atoms with Gasteiger partial charge in [-0.15, -0.1) is 0 Å². The van der Waals surface area contributed by atoms with E-state index in [-0.39, 0.29) is 0 Å². The Morgan fingerprint density at radius 2 is 1.21 bits per heavy atom. The van der Waals surface area contributed by atoms with Gasteiger partial charge in [0.25, 0.3) is 0 Å². The lowest BCUT2D eigenvalue weighted by Crippen LogP contribution is -2.48. The summed E-state index contributed by atoms with van der Waals surface area (Å²) in [7, 11) is 0. The van der Waals surface area contributed by atoms with Crippen LogP contribution in [0.25, 0.3) is 0 Å². The van der Waals surface area contributed by atoms with Crippen LogP contribution in [0.1, 0.15) is 153 Å². The fraction of sp³-hybridized carbons (Fsp3) is 0.818. The minimum atomic E-state index is 0.525. The molecule has 184 valence electrons. The van der Waals surface area contributed by atoms with Crippen LogP contribution in [0.15, 0.2) is 24.3 Å². The van der Waals surface area contributed by atoms with Gasteiger partial charge >= 0.3 is 0 Å². The van der Waals surface area contributed by atoms with E-state index in [9.17, 15) is 0 Å². The van der Waals surface area contributed by atoms with Gasteiger partial charge in [0.1, 0.15) is 0 Å². The Labute approximate surface area is 205 Å². The molecule has 0 saturated heterocycles. The van der Waals surface area contributed by atoms with Gasteiger partial charge in [0.2, 0.25) is 0 Å². The first kappa shape index (κ1) is 23.9. The first-order valence-electron chi connectivity index (χ1n) is 15.3. The predicted molar refractivity (Wildman–Crippen MR) is 143 cm³/mol. The van der Waals surface area contributed by atoms with Crippen molar-refractivity contribution in [2.45, 2.75) is 147 Å². The number of rotatable bonds is 8. The molecule has 5 aliphatic rings. The van der Waals surface area contributed by atoms with Crippen molar-refractivity contribution in [2.24, 2.45) is 23.2 Å². The standard InChI is InChI=1S/C33H52/c1-3-5-7-27-8-12-28(13-9-27)29-14-18-31(19-15-29)33-23-20-32(21-24-33,22-25-33)30-16-10-26(6-4-2)11-17-30/h14-15,18-19,26-28,30H,3-13,16-17,20-25H2,1-2H3/t26-,27-,28-,30-,32?,33?. The van der Waals surface area contributed by atoms with E-state index in [0.717, 1.165) is 29.1 Å². The van der Waals surface area contributed by atoms with Crippen LogP contribution in [0.4, 0.5) is 0 Å². The largest absolute Gasteiger partial charge is 0.0654 e. The molecular formula is C33H52. The third kappa shape index (κ3) is 4.97. The number of hydrogen-bond acceptors (Lipinski definition) is 0. The molecule has 0 nitrogen and oxygen atoms in total. The van der Waals surface area contributed by atoms with Crippen LogP contribution in [0.2, 0.25) is 0 Å². The Morgan fingerprint density at radius 1 is 0.636 bits per heavy atom. The summed E-state index contributed by atoms with van der Waals surface area (Å²) in [5.74, 6) is 3.96. The second kappa shape index (κ2) is 10.5. The molecule has 0 aliphatic heterocycles. The molecule has 0 N–H and O–H groups in total. The maximum atomic E-state index is 2.58. The molecule has 0 radical (unpaired) electrons. The lowest BCUT2D eigenvalue weighted by atomic mass is 9.47. The molecule has 0 heteroatoms. The fourth-order valence-electron chi connectivity index (χ4n) is 9.12. The summed E-state index contributed by atoms with van der Waals surface area (Å²) < 4.78 is 0. The second-order valence-corrected chi connectivity index (χ2v) is 13.1. The van der Waals surface area contributed by atoms with Crippen molar-refractivity contribution in [1.29, 1.82) is 0 Å². The minimum Gasteiger partial charge on any atom is -0.0654 e. The molecule has 1 aromatic rings. The molecule has 5 fully saturated rings. The summed E-state index contributed by atoms with van der Waals surface area (Å²) in [6.07, 6.45) is 28.1. The van der Waals surface area contributed by atoms with Crippen molar-refractivity contribution in [3.8, 4) is 0 Å². The molecule has 0 aromatic heterocycles. The third-order valence-electron chi connectivity index (χ3n) is 11.5. The predicted octanol–water partition coefficient (Wildman–Crippen LogP) is 10.3. The van der Waals surface area contributed by atoms with Crippen molar-refractivity contribution in [3.05, 3.63) is 35.4 Å². The lowest BCUT2D eigenvalue weighted by molar-refractivity contribution is -0.0294. The number of hydrogen-bond donors (Lipinski definition) is 0. The van der Waals surface area contributed by atoms with Crippen LogP contribution in [0.5, 0.6) is 0 Å². The zero-order valence-corrected chi connectivity index (χ0v) is 22.1. The Balaban J connectivity index is 1.16. The summed E-state index contributed by atoms with van der Waals surface area (Å²) in [4.78, 5) is 0. The van der Waals surface area contributed by atoms with Gasteiger partial charge in [0, 0.05) is 0 Å². The van der Waals surface area contributed by atoms with Crippen LogP contribution < -0.4 is 0 Å². The molecule has 2 bridgehead atoms. The van der Waals surface area contributed by atoms with Gasteiger partial charge in [0.15, 0.2) is 0 Å². The van der Waals surface area contributed by atoms with Gasteiger partial charge in [-0.3, -0.25) is 0 Å². The topological polar surface area (TPSA) is 0 Å². The first-order valence-corrected chi connectivity index (χ1v) is 15.3. The van der Waals surface area contributed by atoms with Crippen molar-refractivity contribution in [2.75, 3.05) is 0 Å². The molecule has 0 heterocycles. The molecule has 1 aromatic carbocycles. The molecule has 5 aliphatic carbocycles. The zero-order valence-electron chi connectivity index (χ0n) is 22.1. The summed E-state index contributed by atoms with van der Waals surface area (Å²) in [5, 5.41) is 0. The molecule has 0 spiro atoms. The van der Waals surface area contributed by atoms with Crippen LogP contribution >= 0.6 is 0 Å². The maximum absolute atomic E-state index is 2.58. The quantitative estimate of drug-likeness (QED) is 0.371. The molecule has 0 amide bonds. The van der Waals surface area contributed by atoms with Crippen molar-refractivity contribution in [1.82, 2.24) is 0 Å². The van der Waals surface area contributed by atoms with Crippen molar-refractivity contribution >= 4 is 0 Å². The van der Waals surface area contributed by atoms with Gasteiger partial charge < -0.3 is 0 Å². The smallest absolute Gasteiger partial charge is 0.00463 e. The monoisotopic (exact) mass is 448 g/mol. The highest BCUT2D eigenvalue weighted by molar-refractivity contribution is 5.33. The summed E-state index contributed by atoms with van der Waals surface area (Å²) in [5.41, 5.74) is 4.60. The van der Waals surface area contributed by atoms with Gasteiger partial charge in [-0.2, -0.15) is 0 Å². The van der Waals surface area contributed by atoms with E-state index in [2.05, 4.69) is 38.1 Å². The minimum absolute atomic E-state index is 0.525. The summed E-state index contributed by atoms with van der Waals surface area (Å²) in [6, 6.07) is 10.2. The Morgan fingerprint density at radius 3 is 1.79 bits per heavy atom. The van der Waals surface area contributed by atoms with E-state index >= 15 is 0 Å². The van der Waals surface area contributed by atoms with E-state index in [1.54, 1.807) is 24.0 Å². The highest BCUT2D eigenvalue weighted by Crippen LogP contribution is 2.62. The summed E-state index contributed by atoms with van der Waals surface area (Å²) in [6.45, 7) is 4.71. The number of benzene rings is 1. The highest BCUT2D eigenvalue weighted by atomic mass is 14.6. The Hall–Kier alpha value is -0.780. The normalized spacial score (nSPS) is 39.0. The van der Waals surface area contributed by atoms with Crippen molar-refractivity contribution < 1.29 is 0 Å². The Bertz CT molecular complexity index is 701.